The van der Waals surface area contributed by atoms with Crippen LogP contribution in [0, 0.1) is 10.1 Å². The summed E-state index contributed by atoms with van der Waals surface area (Å²) in [5, 5.41) is 23.5. The molecule has 0 unspecified atom stereocenters. The van der Waals surface area contributed by atoms with Crippen LogP contribution in [0.5, 0.6) is 5.75 Å². The zero-order chi connectivity index (χ0) is 25.2. The number of amides is 2. The molecule has 2 N–H and O–H groups in total. The van der Waals surface area contributed by atoms with Crippen LogP contribution in [0.3, 0.4) is 0 Å². The number of hydrogen-bond donors (Lipinski definition) is 2. The first-order valence-electron chi connectivity index (χ1n) is 11.1. The number of aliphatic hydroxyl groups is 1. The molecule has 0 aliphatic heterocycles. The molecule has 0 fully saturated rings. The first-order valence-corrected chi connectivity index (χ1v) is 11.1. The van der Waals surface area contributed by atoms with Gasteiger partial charge in [0.15, 0.2) is 0 Å². The van der Waals surface area contributed by atoms with Crippen molar-refractivity contribution in [1.82, 2.24) is 10.2 Å². The average Bonchev–Trinajstić information content (AvgIpc) is 2.87. The number of urea groups is 1. The number of ether oxygens (including phenoxy) is 1. The number of benzene rings is 3. The molecule has 182 valence electrons. The number of nitro groups is 1. The standard InChI is InChI=1S/C26H27N3O6/c1-19(27-26(32)28(16-17-30)15-14-20-8-4-2-5-9-20)25(31)35-22-12-13-23(24(18-22)29(33)34)21-10-6-3-7-11-21/h2-13,18-19,30H,14-17H2,1H3,(H,27,32)/t19-/m0/s1. The molecule has 0 heterocycles. The molecule has 1 atom stereocenters. The Balaban J connectivity index is 1.64. The quantitative estimate of drug-likeness (QED) is 0.198. The molecule has 3 aromatic carbocycles. The van der Waals surface area contributed by atoms with Gasteiger partial charge in [-0.1, -0.05) is 60.7 Å². The normalized spacial score (nSPS) is 11.4. The number of nitro benzene ring substituents is 1. The summed E-state index contributed by atoms with van der Waals surface area (Å²) in [6, 6.07) is 21.1. The zero-order valence-electron chi connectivity index (χ0n) is 19.3. The number of nitrogens with one attached hydrogen (secondary N) is 1. The predicted molar refractivity (Wildman–Crippen MR) is 131 cm³/mol. The molecule has 9 heteroatoms. The Bertz CT molecular complexity index is 1150. The van der Waals surface area contributed by atoms with Crippen LogP contribution in [0.1, 0.15) is 12.5 Å². The topological polar surface area (TPSA) is 122 Å². The molecular weight excluding hydrogens is 450 g/mol. The maximum absolute atomic E-state index is 12.7. The molecule has 2 amide bonds. The fraction of sp³-hybridized carbons (Fsp3) is 0.231. The van der Waals surface area contributed by atoms with Gasteiger partial charge in [0.25, 0.3) is 5.69 Å². The largest absolute Gasteiger partial charge is 0.425 e. The number of carbonyl (C=O) groups excluding carboxylic acids is 2. The molecule has 0 aliphatic rings. The minimum Gasteiger partial charge on any atom is -0.425 e. The van der Waals surface area contributed by atoms with Crippen molar-refractivity contribution in [2.24, 2.45) is 0 Å². The Kier molecular flexibility index (Phi) is 8.91. The number of aliphatic hydroxyl groups excluding tert-OH is 1. The van der Waals surface area contributed by atoms with Gasteiger partial charge in [0, 0.05) is 13.1 Å². The van der Waals surface area contributed by atoms with Crippen molar-refractivity contribution in [2.45, 2.75) is 19.4 Å². The van der Waals surface area contributed by atoms with E-state index in [-0.39, 0.29) is 24.6 Å². The van der Waals surface area contributed by atoms with Gasteiger partial charge < -0.3 is 20.1 Å². The van der Waals surface area contributed by atoms with E-state index in [0.29, 0.717) is 24.1 Å². The molecule has 0 bridgehead atoms. The third-order valence-electron chi connectivity index (χ3n) is 5.33. The van der Waals surface area contributed by atoms with E-state index in [1.54, 1.807) is 24.3 Å². The average molecular weight is 478 g/mol. The number of esters is 1. The summed E-state index contributed by atoms with van der Waals surface area (Å²) in [7, 11) is 0. The Morgan fingerprint density at radius 1 is 1.03 bits per heavy atom. The van der Waals surface area contributed by atoms with E-state index >= 15 is 0 Å². The van der Waals surface area contributed by atoms with Crippen LogP contribution < -0.4 is 10.1 Å². The van der Waals surface area contributed by atoms with Gasteiger partial charge in [0.05, 0.1) is 23.2 Å². The van der Waals surface area contributed by atoms with Gasteiger partial charge in [0.1, 0.15) is 11.8 Å². The van der Waals surface area contributed by atoms with Crippen LogP contribution in [-0.4, -0.2) is 52.7 Å². The third kappa shape index (κ3) is 7.12. The lowest BCUT2D eigenvalue weighted by molar-refractivity contribution is -0.384. The highest BCUT2D eigenvalue weighted by atomic mass is 16.6. The number of carbonyl (C=O) groups is 2. The molecule has 0 aliphatic carbocycles. The third-order valence-corrected chi connectivity index (χ3v) is 5.33. The van der Waals surface area contributed by atoms with Gasteiger partial charge in [-0.15, -0.1) is 0 Å². The number of hydrogen-bond acceptors (Lipinski definition) is 6. The number of nitrogens with zero attached hydrogens (tertiary/aromatic N) is 2. The van der Waals surface area contributed by atoms with E-state index in [1.165, 1.54) is 30.0 Å². The van der Waals surface area contributed by atoms with Gasteiger partial charge in [0.2, 0.25) is 0 Å². The van der Waals surface area contributed by atoms with Crippen LogP contribution in [0.15, 0.2) is 78.9 Å². The summed E-state index contributed by atoms with van der Waals surface area (Å²) in [6.07, 6.45) is 0.588. The molecule has 0 spiro atoms. The van der Waals surface area contributed by atoms with E-state index in [2.05, 4.69) is 5.32 Å². The molecule has 3 rings (SSSR count). The van der Waals surface area contributed by atoms with Crippen LogP contribution >= 0.6 is 0 Å². The van der Waals surface area contributed by atoms with Crippen molar-refractivity contribution in [1.29, 1.82) is 0 Å². The van der Waals surface area contributed by atoms with Gasteiger partial charge >= 0.3 is 12.0 Å². The summed E-state index contributed by atoms with van der Waals surface area (Å²) in [5.41, 5.74) is 1.90. The summed E-state index contributed by atoms with van der Waals surface area (Å²) in [4.78, 5) is 37.7. The minimum absolute atomic E-state index is 0.00114. The smallest absolute Gasteiger partial charge is 0.333 e. The van der Waals surface area contributed by atoms with E-state index in [0.717, 1.165) is 5.56 Å². The highest BCUT2D eigenvalue weighted by Crippen LogP contribution is 2.33. The second-order valence-corrected chi connectivity index (χ2v) is 7.84. The number of rotatable bonds is 10. The van der Waals surface area contributed by atoms with Crippen LogP contribution in [0.4, 0.5) is 10.5 Å². The summed E-state index contributed by atoms with van der Waals surface area (Å²) in [5.74, 6) is -0.772. The first-order chi connectivity index (χ1) is 16.9. The van der Waals surface area contributed by atoms with E-state index < -0.39 is 23.0 Å². The molecule has 3 aromatic rings. The SMILES string of the molecule is C[C@H](NC(=O)N(CCO)CCc1ccccc1)C(=O)Oc1ccc(-c2ccccc2)c([N+](=O)[O-])c1. The fourth-order valence-electron chi connectivity index (χ4n) is 3.47. The van der Waals surface area contributed by atoms with Crippen molar-refractivity contribution in [3.05, 3.63) is 94.5 Å². The van der Waals surface area contributed by atoms with Crippen molar-refractivity contribution >= 4 is 17.7 Å². The van der Waals surface area contributed by atoms with E-state index in [9.17, 15) is 24.8 Å². The fourth-order valence-corrected chi connectivity index (χ4v) is 3.47. The molecular formula is C26H27N3O6. The highest BCUT2D eigenvalue weighted by molar-refractivity contribution is 5.85. The molecule has 0 saturated carbocycles. The lowest BCUT2D eigenvalue weighted by Crippen LogP contribution is -2.49. The van der Waals surface area contributed by atoms with Crippen molar-refractivity contribution in [3.63, 3.8) is 0 Å². The monoisotopic (exact) mass is 477 g/mol. The molecule has 0 aromatic heterocycles. The van der Waals surface area contributed by atoms with Gasteiger partial charge in [-0.3, -0.25) is 10.1 Å². The lowest BCUT2D eigenvalue weighted by Gasteiger charge is -2.24. The molecule has 0 saturated heterocycles. The second-order valence-electron chi connectivity index (χ2n) is 7.84. The van der Waals surface area contributed by atoms with Crippen LogP contribution in [0.2, 0.25) is 0 Å². The summed E-state index contributed by atoms with van der Waals surface area (Å²) in [6.45, 7) is 1.69. The van der Waals surface area contributed by atoms with Gasteiger partial charge in [-0.25, -0.2) is 9.59 Å². The summed E-state index contributed by atoms with van der Waals surface area (Å²) < 4.78 is 5.30. The van der Waals surface area contributed by atoms with Crippen LogP contribution in [0.25, 0.3) is 11.1 Å². The lowest BCUT2D eigenvalue weighted by atomic mass is 10.0. The predicted octanol–water partition coefficient (Wildman–Crippen LogP) is 3.80. The minimum atomic E-state index is -1.02. The summed E-state index contributed by atoms with van der Waals surface area (Å²) >= 11 is 0. The van der Waals surface area contributed by atoms with Crippen molar-refractivity contribution < 1.29 is 24.4 Å². The molecule has 9 nitrogen and oxygen atoms in total. The van der Waals surface area contributed by atoms with E-state index in [4.69, 9.17) is 4.74 Å². The first kappa shape index (κ1) is 25.4. The molecule has 35 heavy (non-hydrogen) atoms. The van der Waals surface area contributed by atoms with Crippen molar-refractivity contribution in [3.8, 4) is 16.9 Å². The van der Waals surface area contributed by atoms with Crippen molar-refractivity contribution in [2.75, 3.05) is 19.7 Å². The Morgan fingerprint density at radius 3 is 2.31 bits per heavy atom. The van der Waals surface area contributed by atoms with Gasteiger partial charge in [-0.05, 0) is 36.6 Å². The second kappa shape index (κ2) is 12.3. The Hall–Kier alpha value is -4.24. The highest BCUT2D eigenvalue weighted by Gasteiger charge is 2.23. The maximum Gasteiger partial charge on any atom is 0.333 e. The Labute approximate surface area is 203 Å². The van der Waals surface area contributed by atoms with Gasteiger partial charge in [-0.2, -0.15) is 0 Å². The maximum atomic E-state index is 12.7. The van der Waals surface area contributed by atoms with Crippen LogP contribution in [-0.2, 0) is 11.2 Å². The zero-order valence-corrected chi connectivity index (χ0v) is 19.3. The van der Waals surface area contributed by atoms with E-state index in [1.807, 2.05) is 36.4 Å². The molecule has 0 radical (unpaired) electrons. The Morgan fingerprint density at radius 2 is 1.69 bits per heavy atom.